The van der Waals surface area contributed by atoms with Gasteiger partial charge in [0.05, 0.1) is 17.2 Å². The van der Waals surface area contributed by atoms with E-state index < -0.39 is 0 Å². The molecule has 1 atom stereocenters. The first-order valence-electron chi connectivity index (χ1n) is 10.1. The molecule has 1 aromatic heterocycles. The van der Waals surface area contributed by atoms with Crippen molar-refractivity contribution < 1.29 is 19.2 Å². The summed E-state index contributed by atoms with van der Waals surface area (Å²) in [6.07, 6.45) is 3.86. The summed E-state index contributed by atoms with van der Waals surface area (Å²) in [7, 11) is 0. The summed E-state index contributed by atoms with van der Waals surface area (Å²) in [6.45, 7) is 0.645. The first-order chi connectivity index (χ1) is 15.7. The van der Waals surface area contributed by atoms with Crippen LogP contribution in [0.25, 0.3) is 11.3 Å². The average molecular weight is 448 g/mol. The topological polar surface area (TPSA) is 89.9 Å². The third-order valence-corrected chi connectivity index (χ3v) is 5.67. The summed E-state index contributed by atoms with van der Waals surface area (Å²) in [6, 6.07) is 21.3. The molecule has 0 bridgehead atoms. The van der Waals surface area contributed by atoms with Gasteiger partial charge in [0.15, 0.2) is 6.61 Å². The van der Waals surface area contributed by atoms with Crippen LogP contribution in [0.5, 0.6) is 5.75 Å². The van der Waals surface area contributed by atoms with Crippen molar-refractivity contribution in [3.63, 3.8) is 0 Å². The lowest BCUT2D eigenvalue weighted by molar-refractivity contribution is -0.118. The van der Waals surface area contributed by atoms with Gasteiger partial charge in [-0.1, -0.05) is 59.4 Å². The number of ether oxygens (including phenoxy) is 1. The number of nitrogens with one attached hydrogen (secondary N) is 1. The maximum Gasteiger partial charge on any atom is 0.286 e. The molecule has 0 aliphatic carbocycles. The molecular weight excluding hydrogens is 426 g/mol. The van der Waals surface area contributed by atoms with Crippen LogP contribution in [0.15, 0.2) is 78.1 Å². The van der Waals surface area contributed by atoms with Crippen LogP contribution in [0.3, 0.4) is 0 Å². The molecule has 0 radical (unpaired) electrons. The van der Waals surface area contributed by atoms with Crippen LogP contribution in [-0.2, 0) is 16.1 Å². The first kappa shape index (κ1) is 21.6. The number of hydrogen-bond acceptors (Lipinski definition) is 7. The largest absolute Gasteiger partial charge is 0.490 e. The van der Waals surface area contributed by atoms with E-state index in [0.717, 1.165) is 34.1 Å². The molecule has 162 valence electrons. The molecule has 1 aliphatic heterocycles. The number of imide groups is 1. The van der Waals surface area contributed by atoms with Gasteiger partial charge in [0.1, 0.15) is 12.4 Å². The van der Waals surface area contributed by atoms with Crippen molar-refractivity contribution in [3.8, 4) is 17.0 Å². The number of carbonyl (C=O) groups excluding carboxylic acids is 2. The van der Waals surface area contributed by atoms with Crippen molar-refractivity contribution in [1.29, 1.82) is 0 Å². The predicted octanol–water partition coefficient (Wildman–Crippen LogP) is 4.07. The zero-order valence-electron chi connectivity index (χ0n) is 17.1. The molecule has 2 aromatic carbocycles. The van der Waals surface area contributed by atoms with Crippen LogP contribution in [0.4, 0.5) is 4.79 Å². The number of pyridine rings is 1. The van der Waals surface area contributed by atoms with E-state index in [0.29, 0.717) is 25.4 Å². The van der Waals surface area contributed by atoms with Gasteiger partial charge in [-0.3, -0.25) is 19.9 Å². The van der Waals surface area contributed by atoms with Gasteiger partial charge in [-0.05, 0) is 36.2 Å². The zero-order chi connectivity index (χ0) is 22.2. The molecule has 3 aromatic rings. The Morgan fingerprint density at radius 3 is 2.50 bits per heavy atom. The summed E-state index contributed by atoms with van der Waals surface area (Å²) in [4.78, 5) is 32.6. The smallest absolute Gasteiger partial charge is 0.286 e. The molecule has 8 heteroatoms. The third kappa shape index (κ3) is 5.95. The van der Waals surface area contributed by atoms with Crippen molar-refractivity contribution >= 4 is 29.1 Å². The van der Waals surface area contributed by atoms with Crippen molar-refractivity contribution in [1.82, 2.24) is 10.3 Å². The highest BCUT2D eigenvalue weighted by Gasteiger charge is 2.31. The number of thioether (sulfide) groups is 1. The molecule has 4 rings (SSSR count). The van der Waals surface area contributed by atoms with Crippen LogP contribution in [0, 0.1) is 0 Å². The highest BCUT2D eigenvalue weighted by atomic mass is 32.2. The van der Waals surface area contributed by atoms with E-state index in [-0.39, 0.29) is 16.4 Å². The lowest BCUT2D eigenvalue weighted by Crippen LogP contribution is -2.25. The van der Waals surface area contributed by atoms with E-state index in [1.54, 1.807) is 12.4 Å². The van der Waals surface area contributed by atoms with Gasteiger partial charge in [0.2, 0.25) is 5.91 Å². The van der Waals surface area contributed by atoms with Gasteiger partial charge in [-0.15, -0.1) is 0 Å². The molecule has 1 fully saturated rings. The minimum absolute atomic E-state index is 0.235. The molecule has 0 spiro atoms. The molecule has 32 heavy (non-hydrogen) atoms. The first-order valence-corrected chi connectivity index (χ1v) is 11.0. The Labute approximate surface area is 189 Å². The van der Waals surface area contributed by atoms with Gasteiger partial charge in [-0.2, -0.15) is 0 Å². The summed E-state index contributed by atoms with van der Waals surface area (Å²) in [5.41, 5.74) is 3.78. The number of aromatic nitrogens is 1. The molecule has 1 unspecified atom stereocenters. The zero-order valence-corrected chi connectivity index (χ0v) is 18.0. The Hall–Kier alpha value is -3.65. The number of oxime groups is 1. The Morgan fingerprint density at radius 1 is 1.00 bits per heavy atom. The van der Waals surface area contributed by atoms with E-state index >= 15 is 0 Å². The highest BCUT2D eigenvalue weighted by Crippen LogP contribution is 2.24. The molecule has 1 N–H and O–H groups in total. The summed E-state index contributed by atoms with van der Waals surface area (Å²) in [5.74, 6) is 0.461. The van der Waals surface area contributed by atoms with Crippen LogP contribution < -0.4 is 10.1 Å². The van der Waals surface area contributed by atoms with Crippen LogP contribution >= 0.6 is 11.8 Å². The van der Waals surface area contributed by atoms with E-state index in [2.05, 4.69) is 15.5 Å². The number of nitrogens with zero attached hydrogens (tertiary/aromatic N) is 2. The highest BCUT2D eigenvalue weighted by molar-refractivity contribution is 8.15. The van der Waals surface area contributed by atoms with Crippen LogP contribution in [-0.4, -0.2) is 40.8 Å². The minimum atomic E-state index is -0.370. The van der Waals surface area contributed by atoms with Crippen molar-refractivity contribution in [2.45, 2.75) is 11.7 Å². The normalized spacial score (nSPS) is 15.7. The monoisotopic (exact) mass is 447 g/mol. The van der Waals surface area contributed by atoms with Crippen molar-refractivity contribution in [2.24, 2.45) is 5.16 Å². The Balaban J connectivity index is 1.16. The Bertz CT molecular complexity index is 1090. The fourth-order valence-electron chi connectivity index (χ4n) is 3.07. The average Bonchev–Trinajstić information content (AvgIpc) is 3.14. The standard InChI is InChI=1S/C24H21N3O4S/c28-23-22(32-24(29)27-23)14-17-6-9-20(10-7-17)30-12-13-31-26-16-18-8-11-21(25-15-18)19-4-2-1-3-5-19/h1-11,15-16,22H,12-14H2,(H,27,28,29)/b26-16+. The number of amides is 2. The number of carbonyl (C=O) groups is 2. The van der Waals surface area contributed by atoms with Crippen molar-refractivity contribution in [2.75, 3.05) is 13.2 Å². The lowest BCUT2D eigenvalue weighted by atomic mass is 10.1. The molecular formula is C24H21N3O4S. The predicted molar refractivity (Wildman–Crippen MR) is 124 cm³/mol. The molecule has 0 saturated carbocycles. The fourth-order valence-corrected chi connectivity index (χ4v) is 3.93. The maximum absolute atomic E-state index is 11.6. The quantitative estimate of drug-likeness (QED) is 0.302. The minimum Gasteiger partial charge on any atom is -0.490 e. The summed E-state index contributed by atoms with van der Waals surface area (Å²) >= 11 is 1.03. The van der Waals surface area contributed by atoms with E-state index in [1.807, 2.05) is 66.7 Å². The number of benzene rings is 2. The van der Waals surface area contributed by atoms with E-state index in [9.17, 15) is 9.59 Å². The van der Waals surface area contributed by atoms with Gasteiger partial charge in [0, 0.05) is 17.3 Å². The number of rotatable bonds is 9. The molecule has 7 nitrogen and oxygen atoms in total. The SMILES string of the molecule is O=C1NC(=O)C(Cc2ccc(OCCO/N=C/c3ccc(-c4ccccc4)nc3)cc2)S1. The molecule has 2 heterocycles. The summed E-state index contributed by atoms with van der Waals surface area (Å²) in [5, 5.41) is 5.58. The van der Waals surface area contributed by atoms with Gasteiger partial charge in [-0.25, -0.2) is 0 Å². The fraction of sp³-hybridized carbons (Fsp3) is 0.167. The maximum atomic E-state index is 11.6. The van der Waals surface area contributed by atoms with Crippen LogP contribution in [0.1, 0.15) is 11.1 Å². The molecule has 2 amide bonds. The van der Waals surface area contributed by atoms with E-state index in [1.165, 1.54) is 0 Å². The lowest BCUT2D eigenvalue weighted by Gasteiger charge is -2.08. The third-order valence-electron chi connectivity index (χ3n) is 4.69. The Morgan fingerprint density at radius 2 is 1.81 bits per heavy atom. The van der Waals surface area contributed by atoms with Gasteiger partial charge >= 0.3 is 0 Å². The Kier molecular flexibility index (Phi) is 7.14. The number of hydrogen-bond donors (Lipinski definition) is 1. The molecule has 1 saturated heterocycles. The second-order valence-corrected chi connectivity index (χ2v) is 8.17. The second kappa shape index (κ2) is 10.6. The summed E-state index contributed by atoms with van der Waals surface area (Å²) < 4.78 is 5.64. The van der Waals surface area contributed by atoms with Crippen LogP contribution in [0.2, 0.25) is 0 Å². The molecule has 1 aliphatic rings. The van der Waals surface area contributed by atoms with E-state index in [4.69, 9.17) is 9.57 Å². The van der Waals surface area contributed by atoms with Gasteiger partial charge in [0.25, 0.3) is 5.24 Å². The second-order valence-electron chi connectivity index (χ2n) is 6.99. The van der Waals surface area contributed by atoms with Gasteiger partial charge < -0.3 is 9.57 Å². The van der Waals surface area contributed by atoms with Crippen molar-refractivity contribution in [3.05, 3.63) is 84.1 Å².